The Kier molecular flexibility index (Phi) is 7.37. The fourth-order valence-electron chi connectivity index (χ4n) is 7.45. The normalized spacial score (nSPS) is 16.1. The van der Waals surface area contributed by atoms with Gasteiger partial charge in [0, 0.05) is 100 Å². The van der Waals surface area contributed by atoms with Crippen molar-refractivity contribution in [2.75, 3.05) is 58.3 Å². The highest BCUT2D eigenvalue weighted by molar-refractivity contribution is 6.08. The predicted molar refractivity (Wildman–Crippen MR) is 203 cm³/mol. The molecule has 0 unspecified atom stereocenters. The SMILES string of the molecule is CN1CCN(C)CCN(c2cccc3cc4cccc(C5=c6ccc([nH]6)=Cc6ccc([nH]6)C=c6ccc([nH]6)=Cc6ccc5[nH]6)c4cc23)CC1. The van der Waals surface area contributed by atoms with Crippen molar-refractivity contribution in [3.63, 3.8) is 0 Å². The van der Waals surface area contributed by atoms with E-state index in [9.17, 15) is 0 Å². The van der Waals surface area contributed by atoms with Gasteiger partial charge in [0.05, 0.1) is 0 Å². The van der Waals surface area contributed by atoms with E-state index in [0.717, 1.165) is 89.0 Å². The summed E-state index contributed by atoms with van der Waals surface area (Å²) in [6.07, 6.45) is 6.47. The van der Waals surface area contributed by atoms with Gasteiger partial charge < -0.3 is 34.6 Å². The quantitative estimate of drug-likeness (QED) is 0.215. The second kappa shape index (κ2) is 12.2. The lowest BCUT2D eigenvalue weighted by molar-refractivity contribution is 0.277. The second-order valence-electron chi connectivity index (χ2n) is 13.7. The van der Waals surface area contributed by atoms with Gasteiger partial charge in [-0.2, -0.15) is 0 Å². The van der Waals surface area contributed by atoms with Gasteiger partial charge in [-0.25, -0.2) is 0 Å². The molecule has 0 saturated carbocycles. The van der Waals surface area contributed by atoms with Crippen molar-refractivity contribution >= 4 is 51.0 Å². The summed E-state index contributed by atoms with van der Waals surface area (Å²) < 4.78 is 0. The number of benzene rings is 3. The van der Waals surface area contributed by atoms with Crippen molar-refractivity contribution in [3.05, 3.63) is 147 Å². The lowest BCUT2D eigenvalue weighted by atomic mass is 9.93. The Bertz CT molecular complexity index is 2560. The molecule has 3 aromatic carbocycles. The van der Waals surface area contributed by atoms with Crippen LogP contribution in [0, 0.1) is 0 Å². The number of anilines is 1. The lowest BCUT2D eigenvalue weighted by Gasteiger charge is -2.28. The third kappa shape index (κ3) is 5.81. The molecular weight excluding hydrogens is 603 g/mol. The number of likely N-dealkylation sites (N-methyl/N-ethyl adjacent to an activating group) is 2. The van der Waals surface area contributed by atoms with Crippen LogP contribution < -0.4 is 26.3 Å². The van der Waals surface area contributed by atoms with Gasteiger partial charge in [-0.05, 0) is 121 Å². The first-order valence-electron chi connectivity index (χ1n) is 17.3. The molecule has 4 N–H and O–H groups in total. The Hall–Kier alpha value is -5.50. The van der Waals surface area contributed by atoms with Gasteiger partial charge >= 0.3 is 0 Å². The molecule has 9 rings (SSSR count). The van der Waals surface area contributed by atoms with Crippen LogP contribution in [0.3, 0.4) is 0 Å². The minimum atomic E-state index is 1.01. The van der Waals surface area contributed by atoms with E-state index in [4.69, 9.17) is 0 Å². The average molecular weight is 644 g/mol. The van der Waals surface area contributed by atoms with E-state index in [1.807, 2.05) is 0 Å². The van der Waals surface area contributed by atoms with Crippen LogP contribution in [-0.2, 0) is 0 Å². The number of aromatic nitrogens is 4. The van der Waals surface area contributed by atoms with Gasteiger partial charge in [-0.15, -0.1) is 0 Å². The van der Waals surface area contributed by atoms with Gasteiger partial charge in [0.15, 0.2) is 0 Å². The van der Waals surface area contributed by atoms with Crippen LogP contribution in [0.5, 0.6) is 0 Å². The number of H-pyrrole nitrogens is 4. The summed E-state index contributed by atoms with van der Waals surface area (Å²) in [6, 6.07) is 35.5. The van der Waals surface area contributed by atoms with Crippen molar-refractivity contribution in [2.45, 2.75) is 0 Å². The van der Waals surface area contributed by atoms with E-state index >= 15 is 0 Å². The molecule has 1 saturated heterocycles. The molecule has 6 heterocycles. The van der Waals surface area contributed by atoms with Gasteiger partial charge in [-0.1, -0.05) is 30.3 Å². The largest absolute Gasteiger partial charge is 0.368 e. The smallest absolute Gasteiger partial charge is 0.0486 e. The van der Waals surface area contributed by atoms with Gasteiger partial charge in [-0.3, -0.25) is 0 Å². The monoisotopic (exact) mass is 643 g/mol. The molecule has 2 aliphatic rings. The Morgan fingerprint density at radius 2 is 1.08 bits per heavy atom. The van der Waals surface area contributed by atoms with Crippen molar-refractivity contribution < 1.29 is 0 Å². The minimum Gasteiger partial charge on any atom is -0.368 e. The van der Waals surface area contributed by atoms with Crippen LogP contribution in [0.4, 0.5) is 5.69 Å². The molecule has 2 aliphatic heterocycles. The topological polar surface area (TPSA) is 72.9 Å². The van der Waals surface area contributed by atoms with Crippen LogP contribution in [0.15, 0.2) is 97.1 Å². The molecule has 0 radical (unpaired) electrons. The Morgan fingerprint density at radius 3 is 1.82 bits per heavy atom. The number of nitrogens with one attached hydrogen (secondary N) is 4. The molecule has 0 aliphatic carbocycles. The van der Waals surface area contributed by atoms with E-state index in [2.05, 4.69) is 164 Å². The lowest BCUT2D eigenvalue weighted by Crippen LogP contribution is -2.34. The number of hydrogen-bond donors (Lipinski definition) is 4. The van der Waals surface area contributed by atoms with Crippen LogP contribution >= 0.6 is 0 Å². The molecule has 7 heteroatoms. The molecule has 1 fully saturated rings. The zero-order chi connectivity index (χ0) is 32.9. The fourth-order valence-corrected chi connectivity index (χ4v) is 7.45. The van der Waals surface area contributed by atoms with Crippen LogP contribution in [-0.4, -0.2) is 83.1 Å². The van der Waals surface area contributed by atoms with E-state index in [1.54, 1.807) is 0 Å². The average Bonchev–Trinajstić information content (AvgIpc) is 3.93. The van der Waals surface area contributed by atoms with Crippen molar-refractivity contribution in [2.24, 2.45) is 0 Å². The molecule has 8 bridgehead atoms. The summed E-state index contributed by atoms with van der Waals surface area (Å²) in [4.78, 5) is 22.1. The Labute approximate surface area is 285 Å². The van der Waals surface area contributed by atoms with Crippen molar-refractivity contribution in [1.82, 2.24) is 29.7 Å². The third-order valence-corrected chi connectivity index (χ3v) is 10.2. The first kappa shape index (κ1) is 29.6. The zero-order valence-electron chi connectivity index (χ0n) is 28.1. The van der Waals surface area contributed by atoms with Crippen LogP contribution in [0.2, 0.25) is 0 Å². The van der Waals surface area contributed by atoms with E-state index in [1.165, 1.54) is 32.8 Å². The molecule has 49 heavy (non-hydrogen) atoms. The first-order valence-corrected chi connectivity index (χ1v) is 17.3. The standard InChI is InChI=1S/C42H41N7/c1-47-17-18-48(2)20-22-49(21-19-47)41-8-4-6-29-23-28-5-3-7-36(37(28)27-38(29)41)42-39-15-13-34(45-39)25-32-11-9-30(43-32)24-31-10-12-33(44-31)26-35-14-16-40(42)46-35/h3-16,23-27,43-46H,17-22H2,1-2H3. The molecule has 0 spiro atoms. The van der Waals surface area contributed by atoms with E-state index < -0.39 is 0 Å². The number of fused-ring (bicyclic) bond motifs is 10. The third-order valence-electron chi connectivity index (χ3n) is 10.2. The summed E-state index contributed by atoms with van der Waals surface area (Å²) in [5, 5.41) is 9.26. The van der Waals surface area contributed by atoms with Crippen LogP contribution in [0.1, 0.15) is 28.3 Å². The van der Waals surface area contributed by atoms with Crippen LogP contribution in [0.25, 0.3) is 45.3 Å². The van der Waals surface area contributed by atoms with Gasteiger partial charge in [0.25, 0.3) is 0 Å². The second-order valence-corrected chi connectivity index (χ2v) is 13.7. The number of aromatic amines is 4. The highest BCUT2D eigenvalue weighted by Crippen LogP contribution is 2.35. The molecule has 244 valence electrons. The fraction of sp³-hybridized carbons (Fsp3) is 0.190. The summed E-state index contributed by atoms with van der Waals surface area (Å²) in [5.41, 5.74) is 7.87. The Balaban J connectivity index is 1.26. The van der Waals surface area contributed by atoms with Crippen molar-refractivity contribution in [3.8, 4) is 0 Å². The van der Waals surface area contributed by atoms with Crippen molar-refractivity contribution in [1.29, 1.82) is 0 Å². The number of nitrogens with zero attached hydrogens (tertiary/aromatic N) is 3. The molecule has 4 aromatic heterocycles. The summed E-state index contributed by atoms with van der Waals surface area (Å²) in [5.74, 6) is 0. The molecule has 0 atom stereocenters. The predicted octanol–water partition coefficient (Wildman–Crippen LogP) is 4.04. The number of hydrogen-bond acceptors (Lipinski definition) is 3. The van der Waals surface area contributed by atoms with Gasteiger partial charge in [0.2, 0.25) is 0 Å². The summed E-state index contributed by atoms with van der Waals surface area (Å²) >= 11 is 0. The summed E-state index contributed by atoms with van der Waals surface area (Å²) in [7, 11) is 4.48. The zero-order valence-corrected chi connectivity index (χ0v) is 28.1. The van der Waals surface area contributed by atoms with E-state index in [-0.39, 0.29) is 0 Å². The maximum absolute atomic E-state index is 3.76. The van der Waals surface area contributed by atoms with Gasteiger partial charge in [0.1, 0.15) is 0 Å². The molecule has 7 aromatic rings. The maximum Gasteiger partial charge on any atom is 0.0486 e. The summed E-state index contributed by atoms with van der Waals surface area (Å²) in [6.45, 7) is 6.30. The minimum absolute atomic E-state index is 1.01. The van der Waals surface area contributed by atoms with E-state index in [0.29, 0.717) is 0 Å². The first-order chi connectivity index (χ1) is 24.0. The highest BCUT2D eigenvalue weighted by atomic mass is 15.2. The number of rotatable bonds is 2. The maximum atomic E-state index is 3.76. The highest BCUT2D eigenvalue weighted by Gasteiger charge is 2.18. The Morgan fingerprint density at radius 1 is 0.490 bits per heavy atom. The molecule has 7 nitrogen and oxygen atoms in total. The molecular formula is C42H41N7. The molecule has 0 amide bonds.